The van der Waals surface area contributed by atoms with E-state index in [9.17, 15) is 4.79 Å². The Kier molecular flexibility index (Phi) is 5.86. The molecule has 0 radical (unpaired) electrons. The number of carbonyl (C=O) groups is 1. The quantitative estimate of drug-likeness (QED) is 0.779. The van der Waals surface area contributed by atoms with E-state index in [4.69, 9.17) is 5.11 Å². The molecule has 18 heavy (non-hydrogen) atoms. The van der Waals surface area contributed by atoms with Crippen molar-refractivity contribution in [1.29, 1.82) is 0 Å². The van der Waals surface area contributed by atoms with Gasteiger partial charge >= 0.3 is 5.97 Å². The largest absolute Gasteiger partial charge is 0.478 e. The molecule has 3 heteroatoms. The molecule has 0 amide bonds. The highest BCUT2D eigenvalue weighted by molar-refractivity contribution is 5.88. The van der Waals surface area contributed by atoms with Gasteiger partial charge in [-0.1, -0.05) is 25.8 Å². The Hall–Kier alpha value is -1.35. The molecule has 100 valence electrons. The minimum Gasteiger partial charge on any atom is -0.478 e. The highest BCUT2D eigenvalue weighted by Gasteiger charge is 2.06. The third-order valence-electron chi connectivity index (χ3n) is 3.03. The highest BCUT2D eigenvalue weighted by atomic mass is 16.4. The van der Waals surface area contributed by atoms with Gasteiger partial charge in [0, 0.05) is 12.6 Å². The van der Waals surface area contributed by atoms with Crippen LogP contribution in [0, 0.1) is 6.92 Å². The zero-order chi connectivity index (χ0) is 13.5. The lowest BCUT2D eigenvalue weighted by atomic mass is 10.1. The van der Waals surface area contributed by atoms with Gasteiger partial charge in [-0.25, -0.2) is 4.79 Å². The number of hydrogen-bond donors (Lipinski definition) is 2. The number of aromatic carboxylic acids is 1. The lowest BCUT2D eigenvalue weighted by Gasteiger charge is -2.14. The number of aryl methyl sites for hydroxylation is 1. The molecule has 3 nitrogen and oxygen atoms in total. The summed E-state index contributed by atoms with van der Waals surface area (Å²) in [5, 5.41) is 12.4. The van der Waals surface area contributed by atoms with E-state index in [1.807, 2.05) is 13.0 Å². The maximum absolute atomic E-state index is 11.0. The van der Waals surface area contributed by atoms with Crippen molar-refractivity contribution in [3.8, 4) is 0 Å². The Morgan fingerprint density at radius 2 is 2.11 bits per heavy atom. The first kappa shape index (κ1) is 14.7. The second kappa shape index (κ2) is 7.17. The predicted molar refractivity (Wildman–Crippen MR) is 74.0 cm³/mol. The standard InChI is InChI=1S/C15H23NO2/c1-4-5-6-12(3)16-10-13-7-11(2)8-14(9-13)15(17)18/h7-9,12,16H,4-6,10H2,1-3H3,(H,17,18). The van der Waals surface area contributed by atoms with Gasteiger partial charge in [-0.2, -0.15) is 0 Å². The molecule has 1 rings (SSSR count). The minimum atomic E-state index is -0.862. The molecule has 0 aliphatic carbocycles. The number of hydrogen-bond acceptors (Lipinski definition) is 2. The lowest BCUT2D eigenvalue weighted by Crippen LogP contribution is -2.25. The van der Waals surface area contributed by atoms with Crippen LogP contribution in [0.3, 0.4) is 0 Å². The smallest absolute Gasteiger partial charge is 0.335 e. The SMILES string of the molecule is CCCCC(C)NCc1cc(C)cc(C(=O)O)c1. The van der Waals surface area contributed by atoms with E-state index in [1.165, 1.54) is 12.8 Å². The molecule has 1 aromatic rings. The maximum Gasteiger partial charge on any atom is 0.335 e. The van der Waals surface area contributed by atoms with Gasteiger partial charge in [0.2, 0.25) is 0 Å². The molecule has 1 unspecified atom stereocenters. The third-order valence-corrected chi connectivity index (χ3v) is 3.03. The van der Waals surface area contributed by atoms with Gasteiger partial charge in [0.1, 0.15) is 0 Å². The van der Waals surface area contributed by atoms with E-state index in [-0.39, 0.29) is 0 Å². The molecule has 2 N–H and O–H groups in total. The molecule has 1 aromatic carbocycles. The van der Waals surface area contributed by atoms with Crippen LogP contribution in [-0.4, -0.2) is 17.1 Å². The van der Waals surface area contributed by atoms with Gasteiger partial charge in [-0.05, 0) is 43.5 Å². The average molecular weight is 249 g/mol. The van der Waals surface area contributed by atoms with Crippen molar-refractivity contribution in [1.82, 2.24) is 5.32 Å². The van der Waals surface area contributed by atoms with Gasteiger partial charge in [0.15, 0.2) is 0 Å². The van der Waals surface area contributed by atoms with Crippen LogP contribution >= 0.6 is 0 Å². The summed E-state index contributed by atoms with van der Waals surface area (Å²) in [4.78, 5) is 11.0. The zero-order valence-electron chi connectivity index (χ0n) is 11.5. The van der Waals surface area contributed by atoms with Crippen LogP contribution in [0.2, 0.25) is 0 Å². The number of carboxylic acid groups (broad SMARTS) is 1. The number of carboxylic acids is 1. The second-order valence-electron chi connectivity index (χ2n) is 4.94. The first-order valence-corrected chi connectivity index (χ1v) is 6.60. The summed E-state index contributed by atoms with van der Waals surface area (Å²) in [6.07, 6.45) is 3.59. The van der Waals surface area contributed by atoms with E-state index in [2.05, 4.69) is 19.2 Å². The minimum absolute atomic E-state index is 0.369. The highest BCUT2D eigenvalue weighted by Crippen LogP contribution is 2.10. The molecule has 0 saturated carbocycles. The van der Waals surface area contributed by atoms with Gasteiger partial charge in [-0.3, -0.25) is 0 Å². The Morgan fingerprint density at radius 1 is 1.39 bits per heavy atom. The van der Waals surface area contributed by atoms with Crippen LogP contribution in [-0.2, 0) is 6.54 Å². The molecule has 0 spiro atoms. The number of rotatable bonds is 7. The second-order valence-corrected chi connectivity index (χ2v) is 4.94. The van der Waals surface area contributed by atoms with Crippen molar-refractivity contribution >= 4 is 5.97 Å². The van der Waals surface area contributed by atoms with Crippen molar-refractivity contribution in [3.05, 3.63) is 34.9 Å². The molecule has 0 aliphatic heterocycles. The van der Waals surface area contributed by atoms with Gasteiger partial charge < -0.3 is 10.4 Å². The average Bonchev–Trinajstić information content (AvgIpc) is 2.33. The van der Waals surface area contributed by atoms with Crippen LogP contribution in [0.1, 0.15) is 54.6 Å². The third kappa shape index (κ3) is 4.88. The topological polar surface area (TPSA) is 49.3 Å². The van der Waals surface area contributed by atoms with Crippen molar-refractivity contribution in [2.24, 2.45) is 0 Å². The Morgan fingerprint density at radius 3 is 2.72 bits per heavy atom. The van der Waals surface area contributed by atoms with Crippen molar-refractivity contribution < 1.29 is 9.90 Å². The summed E-state index contributed by atoms with van der Waals surface area (Å²) in [6.45, 7) is 7.01. The molecule has 0 heterocycles. The fourth-order valence-corrected chi connectivity index (χ4v) is 1.99. The van der Waals surface area contributed by atoms with Gasteiger partial charge in [0.25, 0.3) is 0 Å². The first-order chi connectivity index (χ1) is 8.52. The fourth-order valence-electron chi connectivity index (χ4n) is 1.99. The van der Waals surface area contributed by atoms with E-state index < -0.39 is 5.97 Å². The van der Waals surface area contributed by atoms with E-state index in [1.54, 1.807) is 12.1 Å². The van der Waals surface area contributed by atoms with Crippen molar-refractivity contribution in [2.45, 2.75) is 52.6 Å². The van der Waals surface area contributed by atoms with Crippen molar-refractivity contribution in [3.63, 3.8) is 0 Å². The van der Waals surface area contributed by atoms with Crippen LogP contribution in [0.5, 0.6) is 0 Å². The van der Waals surface area contributed by atoms with E-state index in [0.29, 0.717) is 11.6 Å². The zero-order valence-corrected chi connectivity index (χ0v) is 11.5. The summed E-state index contributed by atoms with van der Waals surface area (Å²) in [5.74, 6) is -0.862. The molecular weight excluding hydrogens is 226 g/mol. The summed E-state index contributed by atoms with van der Waals surface area (Å²) < 4.78 is 0. The van der Waals surface area contributed by atoms with Crippen LogP contribution in [0.25, 0.3) is 0 Å². The molecule has 0 fully saturated rings. The predicted octanol–water partition coefficient (Wildman–Crippen LogP) is 3.36. The van der Waals surface area contributed by atoms with E-state index in [0.717, 1.165) is 24.1 Å². The summed E-state index contributed by atoms with van der Waals surface area (Å²) in [7, 11) is 0. The molecular formula is C15H23NO2. The molecule has 1 atom stereocenters. The fraction of sp³-hybridized carbons (Fsp3) is 0.533. The summed E-state index contributed by atoms with van der Waals surface area (Å²) >= 11 is 0. The summed E-state index contributed by atoms with van der Waals surface area (Å²) in [5.41, 5.74) is 2.40. The first-order valence-electron chi connectivity index (χ1n) is 6.60. The van der Waals surface area contributed by atoms with Gasteiger partial charge in [-0.15, -0.1) is 0 Å². The molecule has 0 bridgehead atoms. The number of benzene rings is 1. The van der Waals surface area contributed by atoms with Crippen molar-refractivity contribution in [2.75, 3.05) is 0 Å². The normalized spacial score (nSPS) is 12.4. The number of unbranched alkanes of at least 4 members (excludes halogenated alkanes) is 1. The monoisotopic (exact) mass is 249 g/mol. The van der Waals surface area contributed by atoms with Crippen LogP contribution in [0.15, 0.2) is 18.2 Å². The Bertz CT molecular complexity index is 401. The molecule has 0 saturated heterocycles. The number of nitrogens with one attached hydrogen (secondary N) is 1. The maximum atomic E-state index is 11.0. The van der Waals surface area contributed by atoms with Crippen LogP contribution < -0.4 is 5.32 Å². The Balaban J connectivity index is 2.59. The van der Waals surface area contributed by atoms with E-state index >= 15 is 0 Å². The lowest BCUT2D eigenvalue weighted by molar-refractivity contribution is 0.0696. The van der Waals surface area contributed by atoms with Crippen LogP contribution in [0.4, 0.5) is 0 Å². The summed E-state index contributed by atoms with van der Waals surface area (Å²) in [6, 6.07) is 5.95. The van der Waals surface area contributed by atoms with Gasteiger partial charge in [0.05, 0.1) is 5.56 Å². The Labute approximate surface area is 109 Å². The molecule has 0 aromatic heterocycles. The molecule has 0 aliphatic rings.